The van der Waals surface area contributed by atoms with E-state index in [1.165, 1.54) is 0 Å². The lowest BCUT2D eigenvalue weighted by molar-refractivity contribution is -0.384. The number of benzene rings is 1. The van der Waals surface area contributed by atoms with Gasteiger partial charge in [0, 0.05) is 18.6 Å². The van der Waals surface area contributed by atoms with Gasteiger partial charge in [0.15, 0.2) is 0 Å². The molecule has 1 aromatic carbocycles. The first kappa shape index (κ1) is 15.0. The Labute approximate surface area is 109 Å². The van der Waals surface area contributed by atoms with Gasteiger partial charge in [-0.1, -0.05) is 6.42 Å². The van der Waals surface area contributed by atoms with E-state index >= 15 is 0 Å². The van der Waals surface area contributed by atoms with Crippen LogP contribution in [-0.2, 0) is 4.79 Å². The van der Waals surface area contributed by atoms with Gasteiger partial charge < -0.3 is 11.1 Å². The topological polar surface area (TPSA) is 98.3 Å². The second kappa shape index (κ2) is 7.42. The van der Waals surface area contributed by atoms with Gasteiger partial charge in [0.25, 0.3) is 5.69 Å². The van der Waals surface area contributed by atoms with Crippen LogP contribution in [0.5, 0.6) is 0 Å². The summed E-state index contributed by atoms with van der Waals surface area (Å²) in [6, 6.07) is 2.95. The van der Waals surface area contributed by atoms with Crippen LogP contribution in [0.1, 0.15) is 25.7 Å². The third kappa shape index (κ3) is 5.01. The molecule has 1 aromatic rings. The molecule has 0 saturated heterocycles. The lowest BCUT2D eigenvalue weighted by Gasteiger charge is -2.06. The van der Waals surface area contributed by atoms with Crippen molar-refractivity contribution < 1.29 is 14.1 Å². The number of hydrogen-bond acceptors (Lipinski definition) is 4. The summed E-state index contributed by atoms with van der Waals surface area (Å²) in [6.07, 6.45) is 2.52. The molecule has 0 bridgehead atoms. The maximum Gasteiger partial charge on any atom is 0.292 e. The third-order valence-corrected chi connectivity index (χ3v) is 2.54. The first-order valence-electron chi connectivity index (χ1n) is 5.98. The maximum absolute atomic E-state index is 13.0. The monoisotopic (exact) mass is 269 g/mol. The molecule has 0 radical (unpaired) electrons. The van der Waals surface area contributed by atoms with E-state index in [9.17, 15) is 19.3 Å². The highest BCUT2D eigenvalue weighted by Gasteiger charge is 2.16. The van der Waals surface area contributed by atoms with Crippen LogP contribution in [-0.4, -0.2) is 17.4 Å². The fraction of sp³-hybridized carbons (Fsp3) is 0.417. The number of nitro benzene ring substituents is 1. The molecule has 0 aliphatic heterocycles. The Hall–Kier alpha value is -2.02. The van der Waals surface area contributed by atoms with Gasteiger partial charge in [-0.25, -0.2) is 4.39 Å². The molecule has 1 amide bonds. The summed E-state index contributed by atoms with van der Waals surface area (Å²) in [6.45, 7) is 0.566. The number of halogens is 1. The number of nitrogens with one attached hydrogen (secondary N) is 1. The number of anilines is 1. The van der Waals surface area contributed by atoms with E-state index in [0.717, 1.165) is 31.0 Å². The Morgan fingerprint density at radius 3 is 2.74 bits per heavy atom. The lowest BCUT2D eigenvalue weighted by Crippen LogP contribution is -2.13. The molecular weight excluding hydrogens is 253 g/mol. The van der Waals surface area contributed by atoms with E-state index in [0.29, 0.717) is 13.0 Å². The molecule has 6 nitrogen and oxygen atoms in total. The molecule has 0 fully saturated rings. The molecule has 0 aliphatic carbocycles. The van der Waals surface area contributed by atoms with Crippen molar-refractivity contribution in [3.05, 3.63) is 34.1 Å². The minimum atomic E-state index is -0.663. The molecule has 0 unspecified atom stereocenters. The van der Waals surface area contributed by atoms with E-state index in [1.54, 1.807) is 0 Å². The largest absolute Gasteiger partial charge is 0.330 e. The average molecular weight is 269 g/mol. The molecule has 0 aliphatic rings. The molecule has 7 heteroatoms. The van der Waals surface area contributed by atoms with Crippen molar-refractivity contribution in [2.75, 3.05) is 11.9 Å². The number of nitro groups is 1. The normalized spacial score (nSPS) is 10.2. The zero-order valence-electron chi connectivity index (χ0n) is 10.4. The number of amides is 1. The van der Waals surface area contributed by atoms with Gasteiger partial charge in [-0.2, -0.15) is 0 Å². The van der Waals surface area contributed by atoms with E-state index in [2.05, 4.69) is 5.32 Å². The van der Waals surface area contributed by atoms with Crippen LogP contribution in [0.4, 0.5) is 15.8 Å². The molecule has 3 N–H and O–H groups in total. The number of nitrogens with two attached hydrogens (primary N) is 1. The van der Waals surface area contributed by atoms with Gasteiger partial charge in [0.05, 0.1) is 4.92 Å². The Bertz CT molecular complexity index is 466. The highest BCUT2D eigenvalue weighted by molar-refractivity contribution is 5.93. The van der Waals surface area contributed by atoms with Gasteiger partial charge in [0.1, 0.15) is 11.5 Å². The van der Waals surface area contributed by atoms with Crippen molar-refractivity contribution in [2.45, 2.75) is 25.7 Å². The van der Waals surface area contributed by atoms with Crippen molar-refractivity contribution >= 4 is 17.3 Å². The summed E-state index contributed by atoms with van der Waals surface area (Å²) in [4.78, 5) is 21.6. The van der Waals surface area contributed by atoms with Crippen LogP contribution in [0, 0.1) is 15.9 Å². The molecular formula is C12H16FN3O3. The van der Waals surface area contributed by atoms with Gasteiger partial charge in [-0.15, -0.1) is 0 Å². The molecule has 0 spiro atoms. The first-order valence-corrected chi connectivity index (χ1v) is 5.98. The summed E-state index contributed by atoms with van der Waals surface area (Å²) in [7, 11) is 0. The van der Waals surface area contributed by atoms with Crippen LogP contribution in [0.3, 0.4) is 0 Å². The Morgan fingerprint density at radius 2 is 2.11 bits per heavy atom. The second-order valence-electron chi connectivity index (χ2n) is 4.07. The van der Waals surface area contributed by atoms with Crippen LogP contribution in [0.15, 0.2) is 18.2 Å². The average Bonchev–Trinajstić information content (AvgIpc) is 2.34. The van der Waals surface area contributed by atoms with E-state index < -0.39 is 10.7 Å². The summed E-state index contributed by atoms with van der Waals surface area (Å²) >= 11 is 0. The minimum absolute atomic E-state index is 0.117. The van der Waals surface area contributed by atoms with Gasteiger partial charge in [-0.3, -0.25) is 14.9 Å². The quantitative estimate of drug-likeness (QED) is 0.450. The van der Waals surface area contributed by atoms with Gasteiger partial charge in [0.2, 0.25) is 5.91 Å². The highest BCUT2D eigenvalue weighted by atomic mass is 19.1. The smallest absolute Gasteiger partial charge is 0.292 e. The number of nitrogens with zero attached hydrogens (tertiary/aromatic N) is 1. The van der Waals surface area contributed by atoms with E-state index in [4.69, 9.17) is 5.73 Å². The van der Waals surface area contributed by atoms with Crippen molar-refractivity contribution in [3.8, 4) is 0 Å². The number of carbonyl (C=O) groups is 1. The Morgan fingerprint density at radius 1 is 1.37 bits per heavy atom. The second-order valence-corrected chi connectivity index (χ2v) is 4.07. The predicted octanol–water partition coefficient (Wildman–Crippen LogP) is 2.19. The standard InChI is InChI=1S/C12H16FN3O3/c13-9-5-6-11(16(18)19)10(8-9)15-12(17)4-2-1-3-7-14/h5-6,8H,1-4,7,14H2,(H,15,17). The van der Waals surface area contributed by atoms with Gasteiger partial charge in [-0.05, 0) is 25.5 Å². The molecule has 104 valence electrons. The molecule has 0 heterocycles. The van der Waals surface area contributed by atoms with Crippen LogP contribution in [0.2, 0.25) is 0 Å². The predicted molar refractivity (Wildman–Crippen MR) is 69.2 cm³/mol. The maximum atomic E-state index is 13.0. The zero-order valence-corrected chi connectivity index (χ0v) is 10.4. The van der Waals surface area contributed by atoms with E-state index in [1.807, 2.05) is 0 Å². The van der Waals surface area contributed by atoms with Crippen molar-refractivity contribution in [3.63, 3.8) is 0 Å². The number of carbonyl (C=O) groups excluding carboxylic acids is 1. The molecule has 0 atom stereocenters. The summed E-state index contributed by atoms with van der Waals surface area (Å²) in [5, 5.41) is 13.1. The summed E-state index contributed by atoms with van der Waals surface area (Å²) in [5.74, 6) is -1.00. The number of rotatable bonds is 7. The molecule has 19 heavy (non-hydrogen) atoms. The third-order valence-electron chi connectivity index (χ3n) is 2.54. The SMILES string of the molecule is NCCCCCC(=O)Nc1cc(F)ccc1[N+](=O)[O-]. The summed E-state index contributed by atoms with van der Waals surface area (Å²) < 4.78 is 13.0. The molecule has 0 saturated carbocycles. The van der Waals surface area contributed by atoms with Crippen LogP contribution >= 0.6 is 0 Å². The first-order chi connectivity index (χ1) is 9.04. The Balaban J connectivity index is 2.62. The van der Waals surface area contributed by atoms with Gasteiger partial charge >= 0.3 is 0 Å². The summed E-state index contributed by atoms with van der Waals surface area (Å²) in [5.41, 5.74) is 4.88. The molecule has 0 aromatic heterocycles. The Kier molecular flexibility index (Phi) is 5.87. The van der Waals surface area contributed by atoms with E-state index in [-0.39, 0.29) is 23.7 Å². The van der Waals surface area contributed by atoms with Crippen molar-refractivity contribution in [2.24, 2.45) is 5.73 Å². The minimum Gasteiger partial charge on any atom is -0.330 e. The zero-order chi connectivity index (χ0) is 14.3. The van der Waals surface area contributed by atoms with Crippen LogP contribution < -0.4 is 11.1 Å². The fourth-order valence-electron chi connectivity index (χ4n) is 1.59. The molecule has 1 rings (SSSR count). The van der Waals surface area contributed by atoms with Crippen LogP contribution in [0.25, 0.3) is 0 Å². The number of hydrogen-bond donors (Lipinski definition) is 2. The lowest BCUT2D eigenvalue weighted by atomic mass is 10.2. The van der Waals surface area contributed by atoms with Crippen molar-refractivity contribution in [1.29, 1.82) is 0 Å². The number of unbranched alkanes of at least 4 members (excludes halogenated alkanes) is 2. The fourth-order valence-corrected chi connectivity index (χ4v) is 1.59. The van der Waals surface area contributed by atoms with Crippen molar-refractivity contribution in [1.82, 2.24) is 0 Å². The highest BCUT2D eigenvalue weighted by Crippen LogP contribution is 2.25.